The van der Waals surface area contributed by atoms with E-state index in [0.717, 1.165) is 12.8 Å². The predicted molar refractivity (Wildman–Crippen MR) is 84.8 cm³/mol. The van der Waals surface area contributed by atoms with Crippen molar-refractivity contribution < 1.29 is 9.72 Å². The van der Waals surface area contributed by atoms with E-state index in [-0.39, 0.29) is 11.6 Å². The zero-order valence-electron chi connectivity index (χ0n) is 12.0. The van der Waals surface area contributed by atoms with Gasteiger partial charge in [0, 0.05) is 28.6 Å². The molecule has 1 saturated carbocycles. The Bertz CT molecular complexity index is 548. The van der Waals surface area contributed by atoms with Crippen LogP contribution in [0.25, 0.3) is 0 Å². The number of nitrogens with zero attached hydrogens (tertiary/aromatic N) is 1. The Kier molecular flexibility index (Phi) is 5.33. The molecule has 21 heavy (non-hydrogen) atoms. The topological polar surface area (TPSA) is 72.2 Å². The summed E-state index contributed by atoms with van der Waals surface area (Å²) >= 11 is 3.66. The van der Waals surface area contributed by atoms with Gasteiger partial charge in [0.05, 0.1) is 4.92 Å². The summed E-state index contributed by atoms with van der Waals surface area (Å²) in [5, 5.41) is 13.8. The van der Waals surface area contributed by atoms with Crippen LogP contribution in [0.1, 0.15) is 41.6 Å². The van der Waals surface area contributed by atoms with Crippen LogP contribution in [0.4, 0.5) is 5.69 Å². The zero-order chi connectivity index (χ0) is 15.4. The summed E-state index contributed by atoms with van der Waals surface area (Å²) in [4.78, 5) is 23.0. The molecule has 1 aliphatic carbocycles. The number of benzene rings is 1. The number of nitro benzene ring substituents is 1. The largest absolute Gasteiger partial charge is 0.352 e. The van der Waals surface area contributed by atoms with Gasteiger partial charge in [-0.05, 0) is 31.7 Å². The lowest BCUT2D eigenvalue weighted by atomic mass is 9.89. The number of nitro groups is 1. The van der Waals surface area contributed by atoms with Gasteiger partial charge in [-0.15, -0.1) is 0 Å². The second-order valence-electron chi connectivity index (χ2n) is 5.53. The van der Waals surface area contributed by atoms with Crippen molar-refractivity contribution in [2.24, 2.45) is 5.92 Å². The van der Waals surface area contributed by atoms with Crippen LogP contribution in [0.5, 0.6) is 0 Å². The predicted octanol–water partition coefficient (Wildman–Crippen LogP) is 3.59. The van der Waals surface area contributed by atoms with E-state index in [1.807, 2.05) is 0 Å². The van der Waals surface area contributed by atoms with Crippen molar-refractivity contribution in [3.63, 3.8) is 0 Å². The van der Waals surface area contributed by atoms with Gasteiger partial charge in [0.15, 0.2) is 0 Å². The Labute approximate surface area is 132 Å². The molecule has 0 spiro atoms. The fourth-order valence-electron chi connectivity index (χ4n) is 2.67. The standard InChI is InChI=1S/C15H19BrN2O3/c1-10-6-7-11(8-14(10)18(20)21)15(19)17-9-12-4-2-3-5-13(12)16/h6-8,12-13H,2-5,9H2,1H3,(H,17,19). The van der Waals surface area contributed by atoms with Gasteiger partial charge in [0.25, 0.3) is 11.6 Å². The number of alkyl halides is 1. The minimum absolute atomic E-state index is 0.0151. The van der Waals surface area contributed by atoms with Crippen molar-refractivity contribution in [2.75, 3.05) is 6.54 Å². The third-order valence-corrected chi connectivity index (χ3v) is 5.21. The van der Waals surface area contributed by atoms with Crippen molar-refractivity contribution in [3.8, 4) is 0 Å². The fourth-order valence-corrected chi connectivity index (χ4v) is 3.44. The van der Waals surface area contributed by atoms with Crippen LogP contribution in [0, 0.1) is 23.0 Å². The lowest BCUT2D eigenvalue weighted by molar-refractivity contribution is -0.385. The number of carbonyl (C=O) groups is 1. The monoisotopic (exact) mass is 354 g/mol. The van der Waals surface area contributed by atoms with Crippen LogP contribution in [0.3, 0.4) is 0 Å². The van der Waals surface area contributed by atoms with Gasteiger partial charge >= 0.3 is 0 Å². The van der Waals surface area contributed by atoms with Gasteiger partial charge in [-0.25, -0.2) is 0 Å². The van der Waals surface area contributed by atoms with Gasteiger partial charge in [-0.1, -0.05) is 34.8 Å². The Morgan fingerprint density at radius 3 is 2.81 bits per heavy atom. The molecule has 1 fully saturated rings. The molecule has 2 unspecified atom stereocenters. The van der Waals surface area contributed by atoms with Crippen molar-refractivity contribution in [3.05, 3.63) is 39.4 Å². The molecule has 1 aromatic rings. The van der Waals surface area contributed by atoms with E-state index in [2.05, 4.69) is 21.2 Å². The molecule has 5 nitrogen and oxygen atoms in total. The number of nitrogens with one attached hydrogen (secondary N) is 1. The highest BCUT2D eigenvalue weighted by Gasteiger charge is 2.23. The molecule has 114 valence electrons. The number of rotatable bonds is 4. The summed E-state index contributed by atoms with van der Waals surface area (Å²) in [6, 6.07) is 4.59. The molecule has 0 saturated heterocycles. The second-order valence-corrected chi connectivity index (χ2v) is 6.71. The number of amides is 1. The van der Waals surface area contributed by atoms with E-state index in [1.54, 1.807) is 19.1 Å². The summed E-state index contributed by atoms with van der Waals surface area (Å²) in [5.41, 5.74) is 0.886. The van der Waals surface area contributed by atoms with Gasteiger partial charge in [-0.3, -0.25) is 14.9 Å². The maximum atomic E-state index is 12.1. The van der Waals surface area contributed by atoms with Crippen molar-refractivity contribution >= 4 is 27.5 Å². The van der Waals surface area contributed by atoms with Crippen LogP contribution < -0.4 is 5.32 Å². The Balaban J connectivity index is 2.00. The molecule has 0 aliphatic heterocycles. The molecule has 2 atom stereocenters. The number of hydrogen-bond acceptors (Lipinski definition) is 3. The third kappa shape index (κ3) is 4.03. The summed E-state index contributed by atoms with van der Waals surface area (Å²) in [5.74, 6) is 0.187. The molecule has 1 N–H and O–H groups in total. The average Bonchev–Trinajstić information content (AvgIpc) is 2.46. The first-order chi connectivity index (χ1) is 9.99. The quantitative estimate of drug-likeness (QED) is 0.510. The minimum Gasteiger partial charge on any atom is -0.352 e. The molecule has 0 aromatic heterocycles. The molecular formula is C15H19BrN2O3. The Morgan fingerprint density at radius 2 is 2.14 bits per heavy atom. The van der Waals surface area contributed by atoms with Crippen molar-refractivity contribution in [1.82, 2.24) is 5.32 Å². The summed E-state index contributed by atoms with van der Waals surface area (Å²) in [7, 11) is 0. The molecular weight excluding hydrogens is 336 g/mol. The maximum Gasteiger partial charge on any atom is 0.273 e. The number of carbonyl (C=O) groups excluding carboxylic acids is 1. The molecule has 2 rings (SSSR count). The van der Waals surface area contributed by atoms with Gasteiger partial charge < -0.3 is 5.32 Å². The van der Waals surface area contributed by atoms with E-state index >= 15 is 0 Å². The molecule has 0 heterocycles. The SMILES string of the molecule is Cc1ccc(C(=O)NCC2CCCCC2Br)cc1[N+](=O)[O-]. The lowest BCUT2D eigenvalue weighted by Gasteiger charge is -2.27. The summed E-state index contributed by atoms with van der Waals surface area (Å²) in [6.07, 6.45) is 4.66. The molecule has 1 aromatic carbocycles. The van der Waals surface area contributed by atoms with Crippen LogP contribution in [0.15, 0.2) is 18.2 Å². The second kappa shape index (κ2) is 7.02. The first kappa shape index (κ1) is 15.9. The Hall–Kier alpha value is -1.43. The molecule has 6 heteroatoms. The highest BCUT2D eigenvalue weighted by atomic mass is 79.9. The molecule has 0 bridgehead atoms. The van der Waals surface area contributed by atoms with E-state index < -0.39 is 4.92 Å². The zero-order valence-corrected chi connectivity index (χ0v) is 13.6. The first-order valence-electron chi connectivity index (χ1n) is 7.16. The summed E-state index contributed by atoms with van der Waals surface area (Å²) < 4.78 is 0. The fraction of sp³-hybridized carbons (Fsp3) is 0.533. The van der Waals surface area contributed by atoms with Gasteiger partial charge in [0.1, 0.15) is 0 Å². The van der Waals surface area contributed by atoms with Crippen LogP contribution in [0.2, 0.25) is 0 Å². The van der Waals surface area contributed by atoms with Crippen molar-refractivity contribution in [2.45, 2.75) is 37.4 Å². The molecule has 0 radical (unpaired) electrons. The highest BCUT2D eigenvalue weighted by molar-refractivity contribution is 9.09. The van der Waals surface area contributed by atoms with Crippen LogP contribution in [-0.2, 0) is 0 Å². The van der Waals surface area contributed by atoms with Gasteiger partial charge in [-0.2, -0.15) is 0 Å². The van der Waals surface area contributed by atoms with Crippen LogP contribution >= 0.6 is 15.9 Å². The lowest BCUT2D eigenvalue weighted by Crippen LogP contribution is -2.34. The van der Waals surface area contributed by atoms with Crippen LogP contribution in [-0.4, -0.2) is 22.2 Å². The Morgan fingerprint density at radius 1 is 1.43 bits per heavy atom. The normalized spacial score (nSPS) is 21.8. The minimum atomic E-state index is -0.457. The third-order valence-electron chi connectivity index (χ3n) is 4.01. The number of aryl methyl sites for hydroxylation is 1. The van der Waals surface area contributed by atoms with E-state index in [9.17, 15) is 14.9 Å². The number of hydrogen-bond donors (Lipinski definition) is 1. The van der Waals surface area contributed by atoms with E-state index in [0.29, 0.717) is 28.4 Å². The number of halogens is 1. The van der Waals surface area contributed by atoms with E-state index in [4.69, 9.17) is 0 Å². The molecule has 1 aliphatic rings. The average molecular weight is 355 g/mol. The summed E-state index contributed by atoms with van der Waals surface area (Å²) in [6.45, 7) is 2.27. The van der Waals surface area contributed by atoms with E-state index in [1.165, 1.54) is 18.9 Å². The van der Waals surface area contributed by atoms with Crippen molar-refractivity contribution in [1.29, 1.82) is 0 Å². The molecule has 1 amide bonds. The maximum absolute atomic E-state index is 12.1. The van der Waals surface area contributed by atoms with Gasteiger partial charge in [0.2, 0.25) is 0 Å². The smallest absolute Gasteiger partial charge is 0.273 e. The first-order valence-corrected chi connectivity index (χ1v) is 8.08. The highest BCUT2D eigenvalue weighted by Crippen LogP contribution is 2.29.